The minimum Gasteiger partial charge on any atom is -0.478 e. The summed E-state index contributed by atoms with van der Waals surface area (Å²) in [5.74, 6) is -2.14. The highest BCUT2D eigenvalue weighted by Gasteiger charge is 2.48. The standard InChI is InChI=1S/C18H9ClF6O3/c19-11-5-9-6-13(16(26)27)15(18(23,24)25)28-14(9)12(7-11)8-1-3-10(4-2-8)17(20,21)22/h1-7,15H,(H,26,27). The number of carbonyl (C=O) groups is 1. The number of aliphatic carboxylic acids is 1. The Morgan fingerprint density at radius 1 is 1.04 bits per heavy atom. The zero-order chi connectivity index (χ0) is 20.9. The minimum absolute atomic E-state index is 0.00571. The zero-order valence-corrected chi connectivity index (χ0v) is 14.3. The molecule has 0 saturated carbocycles. The summed E-state index contributed by atoms with van der Waals surface area (Å²) in [7, 11) is 0. The molecule has 10 heteroatoms. The van der Waals surface area contributed by atoms with Gasteiger partial charge in [-0.1, -0.05) is 23.7 Å². The molecule has 0 saturated heterocycles. The van der Waals surface area contributed by atoms with Crippen molar-refractivity contribution in [1.29, 1.82) is 0 Å². The normalized spacial score (nSPS) is 16.8. The molecule has 3 rings (SSSR count). The van der Waals surface area contributed by atoms with Crippen LogP contribution in [0.1, 0.15) is 11.1 Å². The van der Waals surface area contributed by atoms with Gasteiger partial charge in [-0.05, 0) is 35.9 Å². The van der Waals surface area contributed by atoms with Crippen molar-refractivity contribution in [2.75, 3.05) is 0 Å². The largest absolute Gasteiger partial charge is 0.478 e. The Morgan fingerprint density at radius 2 is 1.64 bits per heavy atom. The van der Waals surface area contributed by atoms with Crippen molar-refractivity contribution < 1.29 is 41.0 Å². The second-order valence-corrected chi connectivity index (χ2v) is 6.33. The van der Waals surface area contributed by atoms with E-state index in [9.17, 15) is 31.1 Å². The van der Waals surface area contributed by atoms with Crippen LogP contribution in [0.5, 0.6) is 5.75 Å². The predicted octanol–water partition coefficient (Wildman–Crippen LogP) is 5.82. The second kappa shape index (κ2) is 6.73. The molecule has 0 fully saturated rings. The van der Waals surface area contributed by atoms with Gasteiger partial charge in [0.1, 0.15) is 5.75 Å². The van der Waals surface area contributed by atoms with Gasteiger partial charge in [0.15, 0.2) is 0 Å². The molecule has 2 aromatic rings. The van der Waals surface area contributed by atoms with Gasteiger partial charge in [0, 0.05) is 16.1 Å². The molecule has 1 aliphatic heterocycles. The average molecular weight is 423 g/mol. The van der Waals surface area contributed by atoms with E-state index in [4.69, 9.17) is 21.4 Å². The fourth-order valence-corrected chi connectivity index (χ4v) is 2.97. The van der Waals surface area contributed by atoms with Crippen molar-refractivity contribution in [3.63, 3.8) is 0 Å². The molecular formula is C18H9ClF6O3. The van der Waals surface area contributed by atoms with Gasteiger partial charge in [0.2, 0.25) is 6.10 Å². The van der Waals surface area contributed by atoms with E-state index >= 15 is 0 Å². The highest BCUT2D eigenvalue weighted by atomic mass is 35.5. The molecule has 1 heterocycles. The number of ether oxygens (including phenoxy) is 1. The Labute approximate surface area is 158 Å². The maximum atomic E-state index is 13.3. The van der Waals surface area contributed by atoms with Crippen LogP contribution in [0.2, 0.25) is 5.02 Å². The Kier molecular flexibility index (Phi) is 4.82. The maximum absolute atomic E-state index is 13.3. The van der Waals surface area contributed by atoms with E-state index in [0.29, 0.717) is 0 Å². The number of fused-ring (bicyclic) bond motifs is 1. The summed E-state index contributed by atoms with van der Waals surface area (Å²) in [6.45, 7) is 0. The SMILES string of the molecule is O=C(O)C1=Cc2cc(Cl)cc(-c3ccc(C(F)(F)F)cc3)c2OC1C(F)(F)F. The third-order valence-corrected chi connectivity index (χ3v) is 4.20. The smallest absolute Gasteiger partial charge is 0.430 e. The van der Waals surface area contributed by atoms with Gasteiger partial charge in [-0.3, -0.25) is 0 Å². The third-order valence-electron chi connectivity index (χ3n) is 3.98. The van der Waals surface area contributed by atoms with E-state index in [2.05, 4.69) is 0 Å². The van der Waals surface area contributed by atoms with Gasteiger partial charge in [-0.2, -0.15) is 26.3 Å². The summed E-state index contributed by atoms with van der Waals surface area (Å²) in [5, 5.41) is 9.12. The van der Waals surface area contributed by atoms with Crippen LogP contribution in [0.25, 0.3) is 17.2 Å². The van der Waals surface area contributed by atoms with E-state index < -0.39 is 35.6 Å². The first-order chi connectivity index (χ1) is 12.9. The van der Waals surface area contributed by atoms with Crippen LogP contribution in [0.15, 0.2) is 42.0 Å². The number of hydrogen-bond donors (Lipinski definition) is 1. The summed E-state index contributed by atoms with van der Waals surface area (Å²) >= 11 is 5.95. The Balaban J connectivity index is 2.16. The second-order valence-electron chi connectivity index (χ2n) is 5.89. The maximum Gasteiger partial charge on any atom is 0.430 e. The molecule has 1 aliphatic rings. The molecule has 0 aromatic heterocycles. The first kappa shape index (κ1) is 20.1. The van der Waals surface area contributed by atoms with Crippen molar-refractivity contribution >= 4 is 23.6 Å². The van der Waals surface area contributed by atoms with Crippen LogP contribution in [-0.4, -0.2) is 23.4 Å². The summed E-state index contributed by atoms with van der Waals surface area (Å²) in [4.78, 5) is 11.2. The first-order valence-corrected chi connectivity index (χ1v) is 7.95. The molecule has 0 aliphatic carbocycles. The Hall–Kier alpha value is -2.68. The molecule has 0 radical (unpaired) electrons. The van der Waals surface area contributed by atoms with Crippen molar-refractivity contribution in [2.24, 2.45) is 0 Å². The lowest BCUT2D eigenvalue weighted by atomic mass is 9.95. The lowest BCUT2D eigenvalue weighted by Crippen LogP contribution is -2.40. The van der Waals surface area contributed by atoms with Gasteiger partial charge >= 0.3 is 18.3 Å². The van der Waals surface area contributed by atoms with Gasteiger partial charge < -0.3 is 9.84 Å². The monoisotopic (exact) mass is 422 g/mol. The van der Waals surface area contributed by atoms with Crippen molar-refractivity contribution in [3.05, 3.63) is 58.1 Å². The Morgan fingerprint density at radius 3 is 2.14 bits per heavy atom. The van der Waals surface area contributed by atoms with E-state index in [1.165, 1.54) is 12.1 Å². The quantitative estimate of drug-likeness (QED) is 0.621. The van der Waals surface area contributed by atoms with Crippen molar-refractivity contribution in [2.45, 2.75) is 18.5 Å². The topological polar surface area (TPSA) is 46.5 Å². The van der Waals surface area contributed by atoms with Gasteiger partial charge in [-0.25, -0.2) is 4.79 Å². The zero-order valence-electron chi connectivity index (χ0n) is 13.5. The molecule has 28 heavy (non-hydrogen) atoms. The van der Waals surface area contributed by atoms with E-state index in [0.717, 1.165) is 30.3 Å². The van der Waals surface area contributed by atoms with Gasteiger partial charge in [0.25, 0.3) is 0 Å². The summed E-state index contributed by atoms with van der Waals surface area (Å²) in [6, 6.07) is 6.11. The number of halogens is 7. The number of carboxylic acids is 1. The number of alkyl halides is 6. The van der Waals surface area contributed by atoms with Crippen LogP contribution < -0.4 is 4.74 Å². The molecule has 2 aromatic carbocycles. The van der Waals surface area contributed by atoms with Crippen LogP contribution >= 0.6 is 11.6 Å². The molecular weight excluding hydrogens is 414 g/mol. The van der Waals surface area contributed by atoms with Gasteiger partial charge in [-0.15, -0.1) is 0 Å². The predicted molar refractivity (Wildman–Crippen MR) is 88.0 cm³/mol. The van der Waals surface area contributed by atoms with Crippen LogP contribution in [-0.2, 0) is 11.0 Å². The van der Waals surface area contributed by atoms with Crippen LogP contribution in [0, 0.1) is 0 Å². The lowest BCUT2D eigenvalue weighted by Gasteiger charge is -2.28. The van der Waals surface area contributed by atoms with Crippen LogP contribution in [0.3, 0.4) is 0 Å². The molecule has 3 nitrogen and oxygen atoms in total. The molecule has 0 spiro atoms. The molecule has 1 atom stereocenters. The summed E-state index contributed by atoms with van der Waals surface area (Å²) in [6.07, 6.45) is -11.5. The Bertz CT molecular complexity index is 961. The minimum atomic E-state index is -5.01. The summed E-state index contributed by atoms with van der Waals surface area (Å²) in [5.41, 5.74) is -1.86. The first-order valence-electron chi connectivity index (χ1n) is 7.57. The highest BCUT2D eigenvalue weighted by molar-refractivity contribution is 6.31. The summed E-state index contributed by atoms with van der Waals surface area (Å²) < 4.78 is 82.9. The fraction of sp³-hybridized carbons (Fsp3) is 0.167. The van der Waals surface area contributed by atoms with Gasteiger partial charge in [0.05, 0.1) is 11.1 Å². The van der Waals surface area contributed by atoms with Crippen LogP contribution in [0.4, 0.5) is 26.3 Å². The van der Waals surface area contributed by atoms with Crippen molar-refractivity contribution in [3.8, 4) is 16.9 Å². The molecule has 1 unspecified atom stereocenters. The molecule has 148 valence electrons. The third kappa shape index (κ3) is 3.80. The molecule has 1 N–H and O–H groups in total. The van der Waals surface area contributed by atoms with E-state index in [1.54, 1.807) is 0 Å². The average Bonchev–Trinajstić information content (AvgIpc) is 2.58. The number of hydrogen-bond acceptors (Lipinski definition) is 2. The van der Waals surface area contributed by atoms with Crippen molar-refractivity contribution in [1.82, 2.24) is 0 Å². The molecule has 0 bridgehead atoms. The fourth-order valence-electron chi connectivity index (χ4n) is 2.75. The van der Waals surface area contributed by atoms with E-state index in [1.807, 2.05) is 0 Å². The number of benzene rings is 2. The lowest BCUT2D eigenvalue weighted by molar-refractivity contribution is -0.187. The molecule has 0 amide bonds. The number of rotatable bonds is 2. The number of carboxylic acid groups (broad SMARTS) is 1. The highest BCUT2D eigenvalue weighted by Crippen LogP contribution is 2.44. The van der Waals surface area contributed by atoms with E-state index in [-0.39, 0.29) is 27.5 Å².